The van der Waals surface area contributed by atoms with Crippen LogP contribution in [0.25, 0.3) is 0 Å². The van der Waals surface area contributed by atoms with E-state index in [4.69, 9.17) is 4.74 Å². The molecule has 174 valence electrons. The summed E-state index contributed by atoms with van der Waals surface area (Å²) in [5, 5.41) is 16.6. The summed E-state index contributed by atoms with van der Waals surface area (Å²) in [6, 6.07) is 10.4. The Morgan fingerprint density at radius 3 is 2.52 bits per heavy atom. The molecule has 1 aromatic carbocycles. The minimum absolute atomic E-state index is 0.00612. The van der Waals surface area contributed by atoms with Gasteiger partial charge in [-0.2, -0.15) is 4.98 Å². The number of anilines is 2. The number of benzene rings is 1. The van der Waals surface area contributed by atoms with Crippen molar-refractivity contribution in [2.24, 2.45) is 0 Å². The van der Waals surface area contributed by atoms with Crippen molar-refractivity contribution < 1.29 is 18.1 Å². The highest BCUT2D eigenvalue weighted by atomic mass is 32.2. The monoisotopic (exact) mass is 507 g/mol. The van der Waals surface area contributed by atoms with Crippen molar-refractivity contribution in [2.75, 3.05) is 24.7 Å². The molecule has 0 saturated carbocycles. The van der Waals surface area contributed by atoms with Crippen molar-refractivity contribution in [1.29, 1.82) is 0 Å². The predicted molar refractivity (Wildman–Crippen MR) is 127 cm³/mol. The van der Waals surface area contributed by atoms with E-state index in [0.717, 1.165) is 4.21 Å². The first-order chi connectivity index (χ1) is 15.9. The first kappa shape index (κ1) is 23.4. The molecule has 3 aromatic rings. The smallest absolute Gasteiger partial charge is 0.373 e. The summed E-state index contributed by atoms with van der Waals surface area (Å²) in [6.07, 6.45) is 3.63. The second-order valence-corrected chi connectivity index (χ2v) is 11.2. The van der Waals surface area contributed by atoms with Crippen molar-refractivity contribution in [3.63, 3.8) is 0 Å². The molecule has 1 fully saturated rings. The molecule has 4 rings (SSSR count). The fourth-order valence-electron chi connectivity index (χ4n) is 3.34. The molecule has 2 atom stereocenters. The maximum absolute atomic E-state index is 12.6. The number of ether oxygens (including phenoxy) is 1. The molecular weight excluding hydrogens is 486 g/mol. The Morgan fingerprint density at radius 2 is 1.91 bits per heavy atom. The number of nitrogens with zero attached hydrogens (tertiary/aromatic N) is 4. The lowest BCUT2D eigenvalue weighted by atomic mass is 10.1. The first-order valence-corrected chi connectivity index (χ1v) is 13.5. The highest BCUT2D eigenvalue weighted by Gasteiger charge is 2.30. The predicted octanol–water partition coefficient (Wildman–Crippen LogP) is 3.49. The van der Waals surface area contributed by atoms with Gasteiger partial charge in [0.25, 0.3) is 5.88 Å². The van der Waals surface area contributed by atoms with Gasteiger partial charge in [0.1, 0.15) is 27.6 Å². The number of nitro groups is 1. The molecule has 1 saturated heterocycles. The summed E-state index contributed by atoms with van der Waals surface area (Å²) in [5.74, 6) is -0.104. The summed E-state index contributed by atoms with van der Waals surface area (Å²) in [4.78, 5) is 19.9. The number of hydrogen-bond acceptors (Lipinski definition) is 9. The van der Waals surface area contributed by atoms with E-state index in [9.17, 15) is 18.5 Å². The van der Waals surface area contributed by atoms with Crippen LogP contribution in [-0.2, 0) is 21.8 Å². The molecular formula is C20H21N5O5S3. The Bertz CT molecular complexity index is 1170. The van der Waals surface area contributed by atoms with Crippen LogP contribution in [0, 0.1) is 10.1 Å². The lowest BCUT2D eigenvalue weighted by Crippen LogP contribution is -2.39. The molecule has 0 radical (unpaired) electrons. The van der Waals surface area contributed by atoms with Crippen LogP contribution in [0.2, 0.25) is 0 Å². The number of thiophene rings is 1. The van der Waals surface area contributed by atoms with Crippen LogP contribution in [0.4, 0.5) is 17.2 Å². The molecule has 10 nitrogen and oxygen atoms in total. The van der Waals surface area contributed by atoms with Gasteiger partial charge in [0.15, 0.2) is 0 Å². The Labute approximate surface area is 199 Å². The quantitative estimate of drug-likeness (QED) is 0.362. The van der Waals surface area contributed by atoms with Gasteiger partial charge in [-0.05, 0) is 48.6 Å². The fourth-order valence-corrected chi connectivity index (χ4v) is 6.11. The maximum Gasteiger partial charge on any atom is 0.373 e. The minimum Gasteiger partial charge on any atom is -0.469 e. The highest BCUT2D eigenvalue weighted by molar-refractivity contribution is 7.85. The molecule has 33 heavy (non-hydrogen) atoms. The molecule has 13 heteroatoms. The van der Waals surface area contributed by atoms with Crippen LogP contribution in [0.1, 0.15) is 12.8 Å². The molecule has 2 aromatic heterocycles. The van der Waals surface area contributed by atoms with E-state index in [1.54, 1.807) is 30.5 Å². The van der Waals surface area contributed by atoms with Gasteiger partial charge in [-0.1, -0.05) is 6.07 Å². The molecule has 0 spiro atoms. The Hall–Kier alpha value is -2.74. The van der Waals surface area contributed by atoms with Crippen molar-refractivity contribution in [2.45, 2.75) is 28.1 Å². The Balaban J connectivity index is 1.45. The zero-order valence-electron chi connectivity index (χ0n) is 17.6. The van der Waals surface area contributed by atoms with Crippen LogP contribution in [-0.4, -0.2) is 53.1 Å². The first-order valence-electron chi connectivity index (χ1n) is 9.99. The van der Waals surface area contributed by atoms with E-state index in [2.05, 4.69) is 15.3 Å². The van der Waals surface area contributed by atoms with Crippen LogP contribution >= 0.6 is 11.3 Å². The zero-order chi connectivity index (χ0) is 23.4. The minimum atomic E-state index is -1.21. The summed E-state index contributed by atoms with van der Waals surface area (Å²) in [7, 11) is -2.33. The van der Waals surface area contributed by atoms with E-state index < -0.39 is 26.7 Å². The summed E-state index contributed by atoms with van der Waals surface area (Å²) < 4.78 is 32.7. The lowest BCUT2D eigenvalue weighted by molar-refractivity contribution is -0.385. The van der Waals surface area contributed by atoms with Crippen LogP contribution in [0.5, 0.6) is 5.88 Å². The second-order valence-electron chi connectivity index (χ2n) is 7.16. The van der Waals surface area contributed by atoms with E-state index in [1.807, 2.05) is 21.8 Å². The second kappa shape index (κ2) is 10.5. The molecule has 2 unspecified atom stereocenters. The fraction of sp³-hybridized carbons (Fsp3) is 0.300. The largest absolute Gasteiger partial charge is 0.469 e. The van der Waals surface area contributed by atoms with Gasteiger partial charge < -0.3 is 10.1 Å². The average Bonchev–Trinajstić information content (AvgIpc) is 3.34. The number of nitrogens with one attached hydrogen (secondary N) is 1. The van der Waals surface area contributed by atoms with E-state index >= 15 is 0 Å². The third-order valence-corrected chi connectivity index (χ3v) is 8.63. The number of rotatable bonds is 8. The third kappa shape index (κ3) is 5.61. The number of hydrogen-bond donors (Lipinski definition) is 1. The molecule has 1 aliphatic rings. The van der Waals surface area contributed by atoms with Gasteiger partial charge >= 0.3 is 5.69 Å². The van der Waals surface area contributed by atoms with Crippen molar-refractivity contribution in [3.05, 3.63) is 58.2 Å². The van der Waals surface area contributed by atoms with Gasteiger partial charge in [-0.3, -0.25) is 14.3 Å². The SMILES string of the molecule is CS(=O)c1ccc(Nc2ncnc(OC3CCN(S(=O)c4cccs4)CC3)c2[N+](=O)[O-])cc1. The van der Waals surface area contributed by atoms with Crippen molar-refractivity contribution in [3.8, 4) is 5.88 Å². The van der Waals surface area contributed by atoms with Crippen molar-refractivity contribution >= 4 is 50.3 Å². The van der Waals surface area contributed by atoms with Gasteiger partial charge in [0.05, 0.1) is 4.92 Å². The Morgan fingerprint density at radius 1 is 1.18 bits per heavy atom. The molecule has 0 aliphatic carbocycles. The average molecular weight is 508 g/mol. The van der Waals surface area contributed by atoms with Crippen molar-refractivity contribution in [1.82, 2.24) is 14.3 Å². The molecule has 0 bridgehead atoms. The van der Waals surface area contributed by atoms with Gasteiger partial charge in [0, 0.05) is 40.7 Å². The number of aromatic nitrogens is 2. The molecule has 0 amide bonds. The summed E-state index contributed by atoms with van der Waals surface area (Å²) in [6.45, 7) is 1.09. The van der Waals surface area contributed by atoms with Crippen LogP contribution in [0.3, 0.4) is 0 Å². The Kier molecular flexibility index (Phi) is 7.42. The van der Waals surface area contributed by atoms with Gasteiger partial charge in [-0.15, -0.1) is 11.3 Å². The highest BCUT2D eigenvalue weighted by Crippen LogP contribution is 2.34. The van der Waals surface area contributed by atoms with E-state index in [1.165, 1.54) is 17.7 Å². The maximum atomic E-state index is 12.6. The summed E-state index contributed by atoms with van der Waals surface area (Å²) >= 11 is 1.45. The van der Waals surface area contributed by atoms with Crippen LogP contribution in [0.15, 0.2) is 57.2 Å². The van der Waals surface area contributed by atoms with Gasteiger partial charge in [-0.25, -0.2) is 13.5 Å². The lowest BCUT2D eigenvalue weighted by Gasteiger charge is -2.30. The standard InChI is InChI=1S/C20H21N5O5S3/c1-32(28)16-6-4-14(5-7-16)23-19-18(25(26)27)20(22-13-21-19)30-15-8-10-24(11-9-15)33(29)17-3-2-12-31-17/h2-7,12-13,15H,8-11H2,1H3,(H,21,22,23). The zero-order valence-corrected chi connectivity index (χ0v) is 20.0. The normalized spacial score (nSPS) is 16.8. The third-order valence-electron chi connectivity index (χ3n) is 5.00. The van der Waals surface area contributed by atoms with E-state index in [-0.39, 0.29) is 23.5 Å². The number of piperidine rings is 1. The van der Waals surface area contributed by atoms with E-state index in [0.29, 0.717) is 36.5 Å². The topological polar surface area (TPSA) is 128 Å². The molecule has 1 N–H and O–H groups in total. The molecule has 1 aliphatic heterocycles. The molecule has 3 heterocycles. The van der Waals surface area contributed by atoms with Crippen LogP contribution < -0.4 is 10.1 Å². The summed E-state index contributed by atoms with van der Waals surface area (Å²) in [5.41, 5.74) is 0.201. The van der Waals surface area contributed by atoms with Gasteiger partial charge in [0.2, 0.25) is 5.82 Å².